The van der Waals surface area contributed by atoms with Crippen LogP contribution in [0.25, 0.3) is 11.1 Å². The van der Waals surface area contributed by atoms with E-state index in [4.69, 9.17) is 9.84 Å². The van der Waals surface area contributed by atoms with E-state index in [1.165, 1.54) is 0 Å². The Morgan fingerprint density at radius 2 is 1.63 bits per heavy atom. The molecular weight excluding hydrogens is 384 g/mol. The van der Waals surface area contributed by atoms with Gasteiger partial charge in [-0.15, -0.1) is 0 Å². The normalized spacial score (nSPS) is 13.1. The number of amides is 2. The minimum atomic E-state index is -1.11. The number of carboxylic acids is 1. The van der Waals surface area contributed by atoms with E-state index in [9.17, 15) is 14.4 Å². The van der Waals surface area contributed by atoms with Crippen molar-refractivity contribution in [1.29, 1.82) is 0 Å². The van der Waals surface area contributed by atoms with Crippen molar-refractivity contribution in [1.82, 2.24) is 10.6 Å². The van der Waals surface area contributed by atoms with E-state index in [0.29, 0.717) is 6.42 Å². The number of alkyl carbamates (subject to hydrolysis) is 1. The van der Waals surface area contributed by atoms with Crippen LogP contribution in [0.3, 0.4) is 0 Å². The molecule has 1 aliphatic carbocycles. The lowest BCUT2D eigenvalue weighted by Crippen LogP contribution is -2.40. The van der Waals surface area contributed by atoms with Crippen LogP contribution in [0.5, 0.6) is 0 Å². The van der Waals surface area contributed by atoms with E-state index in [1.807, 2.05) is 43.3 Å². The van der Waals surface area contributed by atoms with Gasteiger partial charge in [0.15, 0.2) is 0 Å². The monoisotopic (exact) mass is 410 g/mol. The first-order valence-electron chi connectivity index (χ1n) is 10.1. The lowest BCUT2D eigenvalue weighted by atomic mass is 9.98. The fourth-order valence-corrected chi connectivity index (χ4v) is 3.85. The summed E-state index contributed by atoms with van der Waals surface area (Å²) >= 11 is 0. The Labute approximate surface area is 175 Å². The van der Waals surface area contributed by atoms with Gasteiger partial charge in [-0.25, -0.2) is 4.79 Å². The molecule has 1 aliphatic rings. The number of carbonyl (C=O) groups excluding carboxylic acids is 2. The van der Waals surface area contributed by atoms with E-state index in [2.05, 4.69) is 22.8 Å². The lowest BCUT2D eigenvalue weighted by Gasteiger charge is -2.19. The average molecular weight is 410 g/mol. The molecule has 0 aliphatic heterocycles. The molecule has 7 heteroatoms. The van der Waals surface area contributed by atoms with E-state index < -0.39 is 30.6 Å². The van der Waals surface area contributed by atoms with E-state index in [1.54, 1.807) is 0 Å². The molecule has 3 rings (SSSR count). The van der Waals surface area contributed by atoms with Gasteiger partial charge in [0.25, 0.3) is 0 Å². The maximum atomic E-state index is 12.4. The summed E-state index contributed by atoms with van der Waals surface area (Å²) in [5.41, 5.74) is 4.57. The summed E-state index contributed by atoms with van der Waals surface area (Å²) in [5, 5.41) is 13.7. The van der Waals surface area contributed by atoms with Gasteiger partial charge in [0, 0.05) is 18.4 Å². The van der Waals surface area contributed by atoms with E-state index in [0.717, 1.165) is 28.7 Å². The number of nitrogens with one attached hydrogen (secondary N) is 2. The molecule has 158 valence electrons. The molecule has 2 amide bonds. The van der Waals surface area contributed by atoms with Gasteiger partial charge in [-0.2, -0.15) is 0 Å². The molecule has 0 aromatic heterocycles. The number of hydrogen-bond acceptors (Lipinski definition) is 4. The predicted octanol–water partition coefficient (Wildman–Crippen LogP) is 3.28. The first-order valence-corrected chi connectivity index (χ1v) is 10.1. The Bertz CT molecular complexity index is 882. The molecule has 30 heavy (non-hydrogen) atoms. The number of carboxylic acid groups (broad SMARTS) is 1. The van der Waals surface area contributed by atoms with Gasteiger partial charge in [-0.1, -0.05) is 61.9 Å². The highest BCUT2D eigenvalue weighted by atomic mass is 16.5. The second kappa shape index (κ2) is 9.91. The average Bonchev–Trinajstić information content (AvgIpc) is 3.05. The van der Waals surface area contributed by atoms with Gasteiger partial charge < -0.3 is 20.5 Å². The van der Waals surface area contributed by atoms with Gasteiger partial charge in [0.05, 0.1) is 0 Å². The van der Waals surface area contributed by atoms with Gasteiger partial charge in [-0.3, -0.25) is 9.59 Å². The number of fused-ring (bicyclic) bond motifs is 3. The zero-order valence-corrected chi connectivity index (χ0v) is 16.9. The largest absolute Gasteiger partial charge is 0.480 e. The third-order valence-electron chi connectivity index (χ3n) is 5.17. The quantitative estimate of drug-likeness (QED) is 0.588. The van der Waals surface area contributed by atoms with E-state index in [-0.39, 0.29) is 18.9 Å². The van der Waals surface area contributed by atoms with Gasteiger partial charge >= 0.3 is 12.1 Å². The first kappa shape index (κ1) is 21.4. The van der Waals surface area contributed by atoms with Gasteiger partial charge in [0.2, 0.25) is 5.91 Å². The van der Waals surface area contributed by atoms with Crippen LogP contribution in [0.15, 0.2) is 48.5 Å². The summed E-state index contributed by atoms with van der Waals surface area (Å²) in [7, 11) is 0. The molecule has 2 aromatic carbocycles. The van der Waals surface area contributed by atoms with Crippen LogP contribution in [0.4, 0.5) is 4.79 Å². The summed E-state index contributed by atoms with van der Waals surface area (Å²) in [6.45, 7) is 1.70. The predicted molar refractivity (Wildman–Crippen MR) is 112 cm³/mol. The number of aliphatic carboxylic acids is 1. The molecule has 0 unspecified atom stereocenters. The van der Waals surface area contributed by atoms with Crippen molar-refractivity contribution >= 4 is 18.0 Å². The van der Waals surface area contributed by atoms with Crippen molar-refractivity contribution in [3.8, 4) is 11.1 Å². The van der Waals surface area contributed by atoms with Crippen molar-refractivity contribution in [3.63, 3.8) is 0 Å². The highest BCUT2D eigenvalue weighted by Gasteiger charge is 2.29. The van der Waals surface area contributed by atoms with Gasteiger partial charge in [-0.05, 0) is 28.7 Å². The first-order chi connectivity index (χ1) is 14.5. The SMILES string of the molecule is CCC[C@@H](CC(=O)NCC(=O)O)NC(=O)OCC1c2ccccc2-c2ccccc21. The summed E-state index contributed by atoms with van der Waals surface area (Å²) in [6, 6.07) is 15.8. The van der Waals surface area contributed by atoms with E-state index >= 15 is 0 Å². The van der Waals surface area contributed by atoms with Crippen LogP contribution in [0, 0.1) is 0 Å². The molecule has 3 N–H and O–H groups in total. The molecule has 0 saturated heterocycles. The number of carbonyl (C=O) groups is 3. The smallest absolute Gasteiger partial charge is 0.407 e. The minimum Gasteiger partial charge on any atom is -0.480 e. The molecule has 0 radical (unpaired) electrons. The molecular formula is C23H26N2O5. The third-order valence-corrected chi connectivity index (χ3v) is 5.17. The molecule has 7 nitrogen and oxygen atoms in total. The standard InChI is InChI=1S/C23H26N2O5/c1-2-7-15(12-21(26)24-13-22(27)28)25-23(29)30-14-20-18-10-5-3-8-16(18)17-9-4-6-11-19(17)20/h3-6,8-11,15,20H,2,7,12-14H2,1H3,(H,24,26)(H,25,29)(H,27,28)/t15-/m0/s1. The molecule has 0 saturated carbocycles. The molecule has 0 spiro atoms. The topological polar surface area (TPSA) is 105 Å². The molecule has 0 fully saturated rings. The third kappa shape index (κ3) is 5.17. The van der Waals surface area contributed by atoms with Crippen molar-refractivity contribution < 1.29 is 24.2 Å². The van der Waals surface area contributed by atoms with Crippen LogP contribution < -0.4 is 10.6 Å². The Hall–Kier alpha value is -3.35. The fraction of sp³-hybridized carbons (Fsp3) is 0.348. The lowest BCUT2D eigenvalue weighted by molar-refractivity contribution is -0.138. The highest BCUT2D eigenvalue weighted by Crippen LogP contribution is 2.44. The summed E-state index contributed by atoms with van der Waals surface area (Å²) in [6.07, 6.45) is 0.776. The van der Waals surface area contributed by atoms with Crippen LogP contribution in [-0.2, 0) is 14.3 Å². The number of hydrogen-bond donors (Lipinski definition) is 3. The van der Waals surface area contributed by atoms with Crippen LogP contribution >= 0.6 is 0 Å². The Balaban J connectivity index is 1.59. The number of benzene rings is 2. The maximum absolute atomic E-state index is 12.4. The Morgan fingerprint density at radius 1 is 1.03 bits per heavy atom. The molecule has 1 atom stereocenters. The van der Waals surface area contributed by atoms with Crippen molar-refractivity contribution in [2.45, 2.75) is 38.1 Å². The second-order valence-electron chi connectivity index (χ2n) is 7.33. The number of rotatable bonds is 9. The zero-order valence-electron chi connectivity index (χ0n) is 16.9. The van der Waals surface area contributed by atoms with Crippen LogP contribution in [0.2, 0.25) is 0 Å². The van der Waals surface area contributed by atoms with Crippen molar-refractivity contribution in [2.75, 3.05) is 13.2 Å². The second-order valence-corrected chi connectivity index (χ2v) is 7.33. The van der Waals surface area contributed by atoms with Crippen molar-refractivity contribution in [2.24, 2.45) is 0 Å². The summed E-state index contributed by atoms with van der Waals surface area (Å²) in [5.74, 6) is -1.57. The Morgan fingerprint density at radius 3 is 2.20 bits per heavy atom. The molecule has 0 bridgehead atoms. The Kier molecular flexibility index (Phi) is 7.06. The summed E-state index contributed by atoms with van der Waals surface area (Å²) in [4.78, 5) is 34.9. The fourth-order valence-electron chi connectivity index (χ4n) is 3.85. The van der Waals surface area contributed by atoms with Crippen molar-refractivity contribution in [3.05, 3.63) is 59.7 Å². The maximum Gasteiger partial charge on any atom is 0.407 e. The van der Waals surface area contributed by atoms with Gasteiger partial charge in [0.1, 0.15) is 13.2 Å². The summed E-state index contributed by atoms with van der Waals surface area (Å²) < 4.78 is 5.52. The molecule has 0 heterocycles. The van der Waals surface area contributed by atoms with Crippen LogP contribution in [-0.4, -0.2) is 42.3 Å². The highest BCUT2D eigenvalue weighted by molar-refractivity contribution is 5.82. The number of ether oxygens (including phenoxy) is 1. The van der Waals surface area contributed by atoms with Crippen LogP contribution in [0.1, 0.15) is 43.2 Å². The minimum absolute atomic E-state index is 0.00527. The molecule has 2 aromatic rings. The zero-order chi connectivity index (χ0) is 21.5.